The van der Waals surface area contributed by atoms with Crippen molar-refractivity contribution in [3.63, 3.8) is 0 Å². The predicted molar refractivity (Wildman–Crippen MR) is 108 cm³/mol. The lowest BCUT2D eigenvalue weighted by atomic mass is 10.1. The van der Waals surface area contributed by atoms with E-state index in [-0.39, 0.29) is 5.60 Å². The van der Waals surface area contributed by atoms with Crippen LogP contribution in [0.15, 0.2) is 24.0 Å². The van der Waals surface area contributed by atoms with E-state index < -0.39 is 24.7 Å². The summed E-state index contributed by atoms with van der Waals surface area (Å²) >= 11 is 0. The van der Waals surface area contributed by atoms with Gasteiger partial charge in [-0.15, -0.1) is 0 Å². The van der Waals surface area contributed by atoms with E-state index in [1.165, 1.54) is 6.04 Å². The van der Waals surface area contributed by atoms with Crippen molar-refractivity contribution in [1.29, 1.82) is 0 Å². The van der Waals surface area contributed by atoms with E-state index in [2.05, 4.69) is 91.0 Å². The van der Waals surface area contributed by atoms with Crippen LogP contribution >= 0.6 is 0 Å². The molecule has 0 aromatic rings. The van der Waals surface area contributed by atoms with Gasteiger partial charge in [-0.2, -0.15) is 0 Å². The van der Waals surface area contributed by atoms with Crippen molar-refractivity contribution >= 4 is 24.7 Å². The van der Waals surface area contributed by atoms with Crippen LogP contribution in [0.2, 0.25) is 65.0 Å². The van der Waals surface area contributed by atoms with Crippen LogP contribution in [0, 0.1) is 0 Å². The van der Waals surface area contributed by atoms with E-state index in [1.807, 2.05) is 0 Å². The van der Waals surface area contributed by atoms with Crippen LogP contribution in [-0.2, 0) is 8.85 Å². The highest BCUT2D eigenvalue weighted by molar-refractivity contribution is 6.76. The molecule has 5 heteroatoms. The first kappa shape index (κ1) is 21.9. The van der Waals surface area contributed by atoms with E-state index in [1.54, 1.807) is 0 Å². The molecule has 0 unspecified atom stereocenters. The minimum Gasteiger partial charge on any atom is -0.545 e. The zero-order valence-electron chi connectivity index (χ0n) is 16.8. The van der Waals surface area contributed by atoms with Gasteiger partial charge in [0.05, 0.1) is 0 Å². The van der Waals surface area contributed by atoms with Crippen molar-refractivity contribution in [2.24, 2.45) is 0 Å². The molecule has 0 spiro atoms. The van der Waals surface area contributed by atoms with Gasteiger partial charge in [0.15, 0.2) is 8.32 Å². The van der Waals surface area contributed by atoms with E-state index in [9.17, 15) is 0 Å². The second kappa shape index (κ2) is 7.64. The zero-order chi connectivity index (χ0) is 17.8. The smallest absolute Gasteiger partial charge is 0.241 e. The molecule has 0 atom stereocenters. The molecule has 0 radical (unpaired) electrons. The highest BCUT2D eigenvalue weighted by Gasteiger charge is 2.34. The SMILES string of the molecule is CC(C)(O[Si](C)(C)C)/C(=C/C=C/C[Si](C)(C)C)O[Si](C)(C)C. The summed E-state index contributed by atoms with van der Waals surface area (Å²) in [6, 6.07) is 1.19. The third-order valence-corrected chi connectivity index (χ3v) is 6.10. The molecule has 130 valence electrons. The Kier molecular flexibility index (Phi) is 7.60. The normalized spacial score (nSPS) is 15.5. The van der Waals surface area contributed by atoms with Crippen LogP contribution in [-0.4, -0.2) is 30.3 Å². The minimum absolute atomic E-state index is 0.367. The van der Waals surface area contributed by atoms with Gasteiger partial charge in [-0.05, 0) is 65.2 Å². The molecule has 0 saturated carbocycles. The molecule has 2 nitrogen and oxygen atoms in total. The van der Waals surface area contributed by atoms with Gasteiger partial charge in [0.2, 0.25) is 8.32 Å². The molecule has 0 saturated heterocycles. The summed E-state index contributed by atoms with van der Waals surface area (Å²) in [6.45, 7) is 24.8. The molecule has 0 rings (SSSR count). The van der Waals surface area contributed by atoms with E-state index in [0.29, 0.717) is 0 Å². The summed E-state index contributed by atoms with van der Waals surface area (Å²) in [5.74, 6) is 0.973. The molecule has 0 fully saturated rings. The summed E-state index contributed by atoms with van der Waals surface area (Å²) in [7, 11) is -4.32. The Bertz CT molecular complexity index is 405. The minimum atomic E-state index is -1.66. The van der Waals surface area contributed by atoms with Crippen LogP contribution < -0.4 is 0 Å². The first-order valence-electron chi connectivity index (χ1n) is 8.28. The Balaban J connectivity index is 5.28. The second-order valence-corrected chi connectivity index (χ2v) is 24.1. The van der Waals surface area contributed by atoms with Gasteiger partial charge in [0, 0.05) is 8.07 Å². The quantitative estimate of drug-likeness (QED) is 0.290. The maximum atomic E-state index is 6.37. The molecule has 0 aromatic heterocycles. The van der Waals surface area contributed by atoms with E-state index in [0.717, 1.165) is 5.76 Å². The highest BCUT2D eigenvalue weighted by Crippen LogP contribution is 2.29. The average molecular weight is 359 g/mol. The van der Waals surface area contributed by atoms with Crippen LogP contribution in [0.25, 0.3) is 0 Å². The zero-order valence-corrected chi connectivity index (χ0v) is 19.8. The fraction of sp³-hybridized carbons (Fsp3) is 0.765. The van der Waals surface area contributed by atoms with Crippen molar-refractivity contribution < 1.29 is 8.85 Å². The lowest BCUT2D eigenvalue weighted by Gasteiger charge is -2.37. The third-order valence-electron chi connectivity index (χ3n) is 2.68. The molecule has 0 aliphatic heterocycles. The Hall–Kier alpha value is -0.109. The molecule has 0 N–H and O–H groups in total. The first-order valence-corrected chi connectivity index (χ1v) is 18.8. The highest BCUT2D eigenvalue weighted by atomic mass is 28.4. The molecule has 0 heterocycles. The lowest BCUT2D eigenvalue weighted by molar-refractivity contribution is 0.0940. The van der Waals surface area contributed by atoms with Crippen LogP contribution in [0.1, 0.15) is 13.8 Å². The average Bonchev–Trinajstić information content (AvgIpc) is 2.15. The summed E-state index contributed by atoms with van der Waals surface area (Å²) in [6.07, 6.45) is 6.56. The summed E-state index contributed by atoms with van der Waals surface area (Å²) < 4.78 is 12.7. The van der Waals surface area contributed by atoms with Gasteiger partial charge in [-0.3, -0.25) is 0 Å². The molecular weight excluding hydrogens is 320 g/mol. The molecule has 0 aliphatic carbocycles. The predicted octanol–water partition coefficient (Wildman–Crippen LogP) is 6.25. The van der Waals surface area contributed by atoms with Gasteiger partial charge in [0.1, 0.15) is 11.4 Å². The Labute approximate surface area is 142 Å². The van der Waals surface area contributed by atoms with Gasteiger partial charge in [0.25, 0.3) is 0 Å². The van der Waals surface area contributed by atoms with Crippen molar-refractivity contribution in [1.82, 2.24) is 0 Å². The van der Waals surface area contributed by atoms with Gasteiger partial charge in [-0.25, -0.2) is 0 Å². The Morgan fingerprint density at radius 2 is 1.36 bits per heavy atom. The Morgan fingerprint density at radius 3 is 1.73 bits per heavy atom. The maximum Gasteiger partial charge on any atom is 0.241 e. The van der Waals surface area contributed by atoms with Crippen molar-refractivity contribution in [3.8, 4) is 0 Å². The standard InChI is InChI=1S/C17H38O2Si3/c1-17(2,19-22(9,10)11)16(18-21(6,7)8)14-12-13-15-20(3,4)5/h12-14H,15H2,1-11H3/b13-12+,16-14-. The van der Waals surface area contributed by atoms with Crippen LogP contribution in [0.4, 0.5) is 0 Å². The van der Waals surface area contributed by atoms with Crippen molar-refractivity contribution in [2.75, 3.05) is 0 Å². The monoisotopic (exact) mass is 358 g/mol. The van der Waals surface area contributed by atoms with Crippen LogP contribution in [0.3, 0.4) is 0 Å². The van der Waals surface area contributed by atoms with Crippen LogP contribution in [0.5, 0.6) is 0 Å². The number of allylic oxidation sites excluding steroid dienone is 3. The fourth-order valence-electron chi connectivity index (χ4n) is 2.08. The lowest BCUT2D eigenvalue weighted by Crippen LogP contribution is -2.42. The number of hydrogen-bond acceptors (Lipinski definition) is 2. The van der Waals surface area contributed by atoms with Gasteiger partial charge >= 0.3 is 0 Å². The van der Waals surface area contributed by atoms with Crippen molar-refractivity contribution in [2.45, 2.75) is 84.4 Å². The molecule has 0 aliphatic rings. The number of rotatable bonds is 8. The van der Waals surface area contributed by atoms with Gasteiger partial charge < -0.3 is 8.85 Å². The van der Waals surface area contributed by atoms with Crippen molar-refractivity contribution in [3.05, 3.63) is 24.0 Å². The summed E-state index contributed by atoms with van der Waals surface area (Å²) in [4.78, 5) is 0. The molecule has 0 bridgehead atoms. The third kappa shape index (κ3) is 11.5. The molecule has 0 aromatic carbocycles. The largest absolute Gasteiger partial charge is 0.545 e. The molecular formula is C17H38O2Si3. The molecule has 22 heavy (non-hydrogen) atoms. The number of hydrogen-bond donors (Lipinski definition) is 0. The van der Waals surface area contributed by atoms with E-state index in [4.69, 9.17) is 8.85 Å². The summed E-state index contributed by atoms with van der Waals surface area (Å²) in [5.41, 5.74) is -0.367. The second-order valence-electron chi connectivity index (χ2n) is 9.66. The topological polar surface area (TPSA) is 18.5 Å². The first-order chi connectivity index (χ1) is 9.52. The molecule has 0 amide bonds. The van der Waals surface area contributed by atoms with E-state index >= 15 is 0 Å². The fourth-order valence-corrected chi connectivity index (χ4v) is 5.53. The Morgan fingerprint density at radius 1 is 0.864 bits per heavy atom. The van der Waals surface area contributed by atoms with Gasteiger partial charge in [-0.1, -0.05) is 31.8 Å². The summed E-state index contributed by atoms with van der Waals surface area (Å²) in [5, 5.41) is 0. The maximum absolute atomic E-state index is 6.37.